The first kappa shape index (κ1) is 20.6. The number of carbonyl (C=O) groups excluding carboxylic acids is 3. The van der Waals surface area contributed by atoms with Crippen molar-refractivity contribution in [2.24, 2.45) is 5.92 Å². The van der Waals surface area contributed by atoms with Crippen molar-refractivity contribution in [3.05, 3.63) is 59.9 Å². The molecule has 0 aliphatic carbocycles. The molecule has 1 aromatic heterocycles. The zero-order valence-corrected chi connectivity index (χ0v) is 17.4. The minimum Gasteiger partial charge on any atom is -0.346 e. The van der Waals surface area contributed by atoms with Crippen LogP contribution in [0.25, 0.3) is 11.0 Å². The Morgan fingerprint density at radius 1 is 1.13 bits per heavy atom. The number of imidazole rings is 1. The topological polar surface area (TPSA) is 116 Å². The largest absolute Gasteiger partial charge is 0.346 e. The molecule has 0 unspecified atom stereocenters. The molecule has 1 aliphatic heterocycles. The Kier molecular flexibility index (Phi) is 5.70. The van der Waals surface area contributed by atoms with Gasteiger partial charge in [-0.15, -0.1) is 0 Å². The molecule has 2 heterocycles. The van der Waals surface area contributed by atoms with Crippen LogP contribution in [0.4, 0.5) is 5.69 Å². The monoisotopic (exact) mass is 419 g/mol. The van der Waals surface area contributed by atoms with Crippen LogP contribution < -0.4 is 16.0 Å². The van der Waals surface area contributed by atoms with Crippen molar-refractivity contribution in [2.75, 3.05) is 5.32 Å². The van der Waals surface area contributed by atoms with E-state index < -0.39 is 11.9 Å². The van der Waals surface area contributed by atoms with E-state index in [1.165, 1.54) is 0 Å². The highest BCUT2D eigenvalue weighted by Crippen LogP contribution is 2.25. The van der Waals surface area contributed by atoms with Gasteiger partial charge < -0.3 is 20.9 Å². The predicted molar refractivity (Wildman–Crippen MR) is 117 cm³/mol. The van der Waals surface area contributed by atoms with Crippen molar-refractivity contribution >= 4 is 34.4 Å². The van der Waals surface area contributed by atoms with Crippen molar-refractivity contribution in [2.45, 2.75) is 38.8 Å². The minimum absolute atomic E-state index is 0.117. The molecule has 0 spiro atoms. The third-order valence-corrected chi connectivity index (χ3v) is 5.67. The lowest BCUT2D eigenvalue weighted by atomic mass is 9.98. The minimum atomic E-state index is -0.965. The first-order valence-corrected chi connectivity index (χ1v) is 10.4. The number of para-hydroxylation sites is 3. The molecule has 31 heavy (non-hydrogen) atoms. The van der Waals surface area contributed by atoms with Gasteiger partial charge in [0.1, 0.15) is 11.9 Å². The van der Waals surface area contributed by atoms with Crippen LogP contribution >= 0.6 is 0 Å². The molecule has 0 saturated heterocycles. The van der Waals surface area contributed by atoms with Gasteiger partial charge in [0.15, 0.2) is 0 Å². The third kappa shape index (κ3) is 4.28. The highest BCUT2D eigenvalue weighted by molar-refractivity contribution is 6.10. The first-order valence-electron chi connectivity index (χ1n) is 10.4. The number of aromatic amines is 1. The van der Waals surface area contributed by atoms with E-state index in [2.05, 4.69) is 25.9 Å². The molecule has 0 radical (unpaired) electrons. The average Bonchev–Trinajstić information content (AvgIpc) is 3.15. The second kappa shape index (κ2) is 8.59. The van der Waals surface area contributed by atoms with Crippen molar-refractivity contribution < 1.29 is 14.4 Å². The lowest BCUT2D eigenvalue weighted by Crippen LogP contribution is -2.45. The zero-order chi connectivity index (χ0) is 22.0. The Hall–Kier alpha value is -3.68. The van der Waals surface area contributed by atoms with Crippen LogP contribution in [0.1, 0.15) is 48.9 Å². The Balaban J connectivity index is 1.50. The Labute approximate surface area is 179 Å². The van der Waals surface area contributed by atoms with Gasteiger partial charge in [-0.25, -0.2) is 4.98 Å². The summed E-state index contributed by atoms with van der Waals surface area (Å²) in [5.41, 5.74) is 2.53. The van der Waals surface area contributed by atoms with E-state index in [-0.39, 0.29) is 30.2 Å². The highest BCUT2D eigenvalue weighted by atomic mass is 16.2. The lowest BCUT2D eigenvalue weighted by molar-refractivity contribution is -0.126. The molecule has 3 aromatic rings. The fraction of sp³-hybridized carbons (Fsp3) is 0.304. The summed E-state index contributed by atoms with van der Waals surface area (Å²) in [5.74, 6) is -0.353. The van der Waals surface area contributed by atoms with Gasteiger partial charge in [0, 0.05) is 0 Å². The number of rotatable bonds is 6. The molecule has 4 rings (SSSR count). The summed E-state index contributed by atoms with van der Waals surface area (Å²) in [5, 5.41) is 8.39. The van der Waals surface area contributed by atoms with Crippen LogP contribution in [-0.4, -0.2) is 33.7 Å². The maximum atomic E-state index is 12.9. The van der Waals surface area contributed by atoms with E-state index in [0.717, 1.165) is 17.5 Å². The second-order valence-electron chi connectivity index (χ2n) is 7.83. The molecule has 0 saturated carbocycles. The molecule has 4 N–H and O–H groups in total. The number of hydrogen-bond acceptors (Lipinski definition) is 4. The normalized spacial score (nSPS) is 17.8. The van der Waals surface area contributed by atoms with Gasteiger partial charge in [0.25, 0.3) is 5.91 Å². The van der Waals surface area contributed by atoms with Gasteiger partial charge in [-0.2, -0.15) is 0 Å². The van der Waals surface area contributed by atoms with E-state index in [0.29, 0.717) is 17.1 Å². The quantitative estimate of drug-likeness (QED) is 0.492. The van der Waals surface area contributed by atoms with Crippen LogP contribution in [0.3, 0.4) is 0 Å². The summed E-state index contributed by atoms with van der Waals surface area (Å²) in [7, 11) is 0. The summed E-state index contributed by atoms with van der Waals surface area (Å²) >= 11 is 0. The Bertz CT molecular complexity index is 1110. The Morgan fingerprint density at radius 3 is 2.65 bits per heavy atom. The van der Waals surface area contributed by atoms with E-state index in [1.54, 1.807) is 24.3 Å². The number of hydrogen-bond donors (Lipinski definition) is 4. The molecule has 8 heteroatoms. The second-order valence-corrected chi connectivity index (χ2v) is 7.83. The number of nitrogens with one attached hydrogen (secondary N) is 4. The smallest absolute Gasteiger partial charge is 0.254 e. The number of aromatic nitrogens is 2. The fourth-order valence-corrected chi connectivity index (χ4v) is 3.71. The van der Waals surface area contributed by atoms with Crippen molar-refractivity contribution in [3.63, 3.8) is 0 Å². The van der Waals surface area contributed by atoms with Gasteiger partial charge in [0.05, 0.1) is 34.7 Å². The summed E-state index contributed by atoms with van der Waals surface area (Å²) in [6, 6.07) is 13.1. The zero-order valence-electron chi connectivity index (χ0n) is 17.4. The van der Waals surface area contributed by atoms with E-state index >= 15 is 0 Å². The van der Waals surface area contributed by atoms with Gasteiger partial charge in [-0.05, 0) is 30.2 Å². The molecule has 160 valence electrons. The molecule has 2 aromatic carbocycles. The van der Waals surface area contributed by atoms with Crippen LogP contribution in [0, 0.1) is 5.92 Å². The highest BCUT2D eigenvalue weighted by Gasteiger charge is 2.31. The number of amides is 3. The van der Waals surface area contributed by atoms with E-state index in [4.69, 9.17) is 0 Å². The Morgan fingerprint density at radius 2 is 1.87 bits per heavy atom. The van der Waals surface area contributed by atoms with E-state index in [1.807, 2.05) is 38.1 Å². The fourth-order valence-electron chi connectivity index (χ4n) is 3.71. The summed E-state index contributed by atoms with van der Waals surface area (Å²) in [6.45, 7) is 4.08. The number of carbonyl (C=O) groups is 3. The van der Waals surface area contributed by atoms with Crippen molar-refractivity contribution in [1.29, 1.82) is 0 Å². The standard InChI is InChI=1S/C23H25N5O3/c1-3-13(2)20(21-24-16-10-6-7-11-17(16)25-21)28-19(29)12-18-23(31)26-15-9-5-4-8-14(15)22(30)27-18/h4-11,13,18,20H,3,12H2,1-2H3,(H,24,25)(H,26,31)(H,27,30)(H,28,29)/t13-,18-,20+/m0/s1. The van der Waals surface area contributed by atoms with Gasteiger partial charge in [-0.1, -0.05) is 44.5 Å². The van der Waals surface area contributed by atoms with Crippen LogP contribution in [-0.2, 0) is 9.59 Å². The molecule has 0 bridgehead atoms. The molecule has 1 aliphatic rings. The molecule has 3 amide bonds. The molecule has 8 nitrogen and oxygen atoms in total. The summed E-state index contributed by atoms with van der Waals surface area (Å²) < 4.78 is 0. The lowest BCUT2D eigenvalue weighted by Gasteiger charge is -2.23. The average molecular weight is 419 g/mol. The molecular formula is C23H25N5O3. The van der Waals surface area contributed by atoms with Crippen molar-refractivity contribution in [3.8, 4) is 0 Å². The van der Waals surface area contributed by atoms with Crippen molar-refractivity contribution in [1.82, 2.24) is 20.6 Å². The van der Waals surface area contributed by atoms with Crippen LogP contribution in [0.15, 0.2) is 48.5 Å². The number of nitrogens with zero attached hydrogens (tertiary/aromatic N) is 1. The van der Waals surface area contributed by atoms with Crippen LogP contribution in [0.5, 0.6) is 0 Å². The summed E-state index contributed by atoms with van der Waals surface area (Å²) in [4.78, 5) is 45.9. The maximum absolute atomic E-state index is 12.9. The van der Waals surface area contributed by atoms with Gasteiger partial charge in [-0.3, -0.25) is 14.4 Å². The summed E-state index contributed by atoms with van der Waals surface area (Å²) in [6.07, 6.45) is 0.663. The maximum Gasteiger partial charge on any atom is 0.254 e. The number of anilines is 1. The number of benzene rings is 2. The van der Waals surface area contributed by atoms with Gasteiger partial charge in [0.2, 0.25) is 11.8 Å². The third-order valence-electron chi connectivity index (χ3n) is 5.67. The SMILES string of the molecule is CC[C@H](C)[C@@H](NC(=O)C[C@@H]1NC(=O)c2ccccc2NC1=O)c1nc2ccccc2[nH]1. The van der Waals surface area contributed by atoms with Gasteiger partial charge >= 0.3 is 0 Å². The first-order chi connectivity index (χ1) is 15.0. The molecule has 0 fully saturated rings. The van der Waals surface area contributed by atoms with E-state index in [9.17, 15) is 14.4 Å². The number of H-pyrrole nitrogens is 1. The molecular weight excluding hydrogens is 394 g/mol. The van der Waals surface area contributed by atoms with Crippen LogP contribution in [0.2, 0.25) is 0 Å². The molecule has 3 atom stereocenters. The predicted octanol–water partition coefficient (Wildman–Crippen LogP) is 2.91. The number of fused-ring (bicyclic) bond motifs is 2.